The third kappa shape index (κ3) is 21.2. The van der Waals surface area contributed by atoms with Gasteiger partial charge in [0.25, 0.3) is 5.92 Å². The van der Waals surface area contributed by atoms with Crippen LogP contribution in [0.2, 0.25) is 0 Å². The number of aromatic amines is 4. The summed E-state index contributed by atoms with van der Waals surface area (Å²) in [7, 11) is -18.8. The first-order valence-corrected chi connectivity index (χ1v) is 51.3. The highest BCUT2D eigenvalue weighted by molar-refractivity contribution is 7.90. The lowest BCUT2D eigenvalue weighted by Crippen LogP contribution is -2.47. The Morgan fingerprint density at radius 1 is 0.446 bits per heavy atom. The van der Waals surface area contributed by atoms with Gasteiger partial charge in [0.1, 0.15) is 57.1 Å². The van der Waals surface area contributed by atoms with Crippen molar-refractivity contribution in [2.75, 3.05) is 42.8 Å². The van der Waals surface area contributed by atoms with E-state index >= 15 is 0 Å². The molecule has 6 fully saturated rings. The van der Waals surface area contributed by atoms with Crippen LogP contribution in [0.25, 0.3) is 78.1 Å². The Balaban J connectivity index is 0.000000114. The van der Waals surface area contributed by atoms with E-state index in [1.165, 1.54) is 17.3 Å². The molecule has 12 aliphatic rings. The van der Waals surface area contributed by atoms with Gasteiger partial charge in [-0.15, -0.1) is 0 Å². The number of nitrogens with one attached hydrogen (secondary N) is 8. The lowest BCUT2D eigenvalue weighted by Gasteiger charge is -2.39. The molecule has 130 heavy (non-hydrogen) atoms. The summed E-state index contributed by atoms with van der Waals surface area (Å²) in [6.45, 7) is 8.72. The van der Waals surface area contributed by atoms with E-state index < -0.39 is 93.4 Å². The fourth-order valence-corrected chi connectivity index (χ4v) is 25.3. The van der Waals surface area contributed by atoms with E-state index in [2.05, 4.69) is 82.8 Å². The Morgan fingerprint density at radius 3 is 1.09 bits per heavy atom. The van der Waals surface area contributed by atoms with Crippen LogP contribution in [0.4, 0.5) is 8.78 Å². The number of ether oxygens (including phenoxy) is 2. The summed E-state index contributed by atoms with van der Waals surface area (Å²) in [5, 5.41) is 53.8. The maximum atomic E-state index is 13.0. The van der Waals surface area contributed by atoms with Crippen LogP contribution >= 0.6 is 0 Å². The molecular weight excluding hydrogens is 1760 g/mol. The van der Waals surface area contributed by atoms with Crippen molar-refractivity contribution >= 4 is 154 Å². The monoisotopic (exact) mass is 1860 g/mol. The summed E-state index contributed by atoms with van der Waals surface area (Å²) in [6.07, 6.45) is 34.2. The molecule has 0 bridgehead atoms. The van der Waals surface area contributed by atoms with Crippen LogP contribution < -0.4 is 42.2 Å². The molecule has 0 aromatic carbocycles. The lowest BCUT2D eigenvalue weighted by molar-refractivity contribution is -0.0328. The summed E-state index contributed by atoms with van der Waals surface area (Å²) in [6, 6.07) is 7.12. The molecule has 0 unspecified atom stereocenters. The van der Waals surface area contributed by atoms with E-state index in [-0.39, 0.29) is 59.1 Å². The second-order valence-electron chi connectivity index (χ2n) is 35.6. The highest BCUT2D eigenvalue weighted by Crippen LogP contribution is 2.52. The minimum Gasteiger partial charge on any atom is -0.531 e. The van der Waals surface area contributed by atoms with Gasteiger partial charge in [0.15, 0.2) is 0 Å². The molecule has 9 aromatic heterocycles. The molecule has 0 atom stereocenters. The first-order chi connectivity index (χ1) is 62.3. The molecule has 15 heterocycles. The van der Waals surface area contributed by atoms with Gasteiger partial charge in [-0.05, 0) is 215 Å². The molecule has 9 aromatic rings. The molecule has 0 spiro atoms. The third-order valence-corrected chi connectivity index (χ3v) is 32.0. The number of nitrogens with zero attached hydrogens (tertiary/aromatic N) is 5. The van der Waals surface area contributed by atoms with Gasteiger partial charge in [-0.3, -0.25) is 4.98 Å². The summed E-state index contributed by atoms with van der Waals surface area (Å²) in [4.78, 5) is 33.9. The molecular formula is C86H106B5F2N13O20S4. The summed E-state index contributed by atoms with van der Waals surface area (Å²) in [5.74, 6) is 8.88. The van der Waals surface area contributed by atoms with Crippen molar-refractivity contribution in [2.45, 2.75) is 179 Å². The normalized spacial score (nSPS) is 23.7. The van der Waals surface area contributed by atoms with Crippen LogP contribution in [0, 0.1) is 35.5 Å². The third-order valence-electron chi connectivity index (χ3n) is 26.0. The Hall–Kier alpha value is -9.11. The number of allylic oxidation sites excluding steroid dienone is 6. The summed E-state index contributed by atoms with van der Waals surface area (Å²) < 4.78 is 172. The quantitative estimate of drug-likeness (QED) is 0.0224. The van der Waals surface area contributed by atoms with E-state index in [4.69, 9.17) is 32.7 Å². The van der Waals surface area contributed by atoms with Gasteiger partial charge in [-0.1, -0.05) is 38.8 Å². The number of halogens is 2. The van der Waals surface area contributed by atoms with E-state index in [1.807, 2.05) is 62.7 Å². The predicted molar refractivity (Wildman–Crippen MR) is 495 cm³/mol. The fourth-order valence-electron chi connectivity index (χ4n) is 19.4. The van der Waals surface area contributed by atoms with Gasteiger partial charge in [-0.2, -0.15) is 0 Å². The zero-order valence-corrected chi connectivity index (χ0v) is 75.7. The maximum absolute atomic E-state index is 13.0. The van der Waals surface area contributed by atoms with Crippen molar-refractivity contribution in [2.24, 2.45) is 35.5 Å². The van der Waals surface area contributed by atoms with Crippen LogP contribution in [-0.2, 0) is 56.0 Å². The van der Waals surface area contributed by atoms with Crippen molar-refractivity contribution in [3.8, 4) is 28.7 Å². The fraction of sp³-hybridized carbons (Fsp3) is 0.477. The number of fused-ring (bicyclic) bond motifs is 15. The highest BCUT2D eigenvalue weighted by atomic mass is 32.2. The van der Waals surface area contributed by atoms with Crippen molar-refractivity contribution < 1.29 is 100 Å². The Labute approximate surface area is 754 Å². The molecule has 5 saturated carbocycles. The van der Waals surface area contributed by atoms with Gasteiger partial charge >= 0.3 is 35.6 Å². The molecule has 44 heteroatoms. The lowest BCUT2D eigenvalue weighted by atomic mass is 9.68. The minimum atomic E-state index is -4.06. The summed E-state index contributed by atoms with van der Waals surface area (Å²) >= 11 is 0. The SMILES string of the molecule is CC(F)(F)CS(=O)(=O)NC1CC(C2=CB(O)Oc3cnc4[nH]ccc4c32)C1.CCCCS(=O)(=O)NC1CC(C2=CB(O)Oc3cnc4[nH]ccc4c32)C1.CCCCS(=O)(=O)NC1CC(C2=CB(O)Oc3cnc4[nH]ccc4c32)C1.CCOC1CCC(C2=CB(O)Oc3cnc4c(c32)C=CC4)CC1.O=S(=O)(CCC1COC1)NC1CC(C2=CB(O)Oc3cnc4[nH]ccc4c32)C1. The average molecular weight is 1860 g/mol. The number of alkyl halides is 2. The van der Waals surface area contributed by atoms with Crippen LogP contribution in [-0.4, -0.2) is 218 Å². The minimum absolute atomic E-state index is 0.0161. The molecule has 0 amide bonds. The molecule has 33 nitrogen and oxygen atoms in total. The molecule has 21 rings (SSSR count). The van der Waals surface area contributed by atoms with Gasteiger partial charge in [0.05, 0.1) is 73.3 Å². The first-order valence-electron chi connectivity index (χ1n) is 44.7. The van der Waals surface area contributed by atoms with E-state index in [0.29, 0.717) is 117 Å². The molecule has 6 aliphatic carbocycles. The van der Waals surface area contributed by atoms with E-state index in [1.54, 1.807) is 54.9 Å². The zero-order valence-electron chi connectivity index (χ0n) is 72.4. The standard InChI is InChI=1S/C18H22BN3O5S.C18H22BNO3.2C17H22BN3O4S.C16H18BF2N3O4S/c23-19-7-15(17-14-1-3-20-18(14)21-8-16(17)27-19)12-5-13(6-12)22-28(24,25)4-2-11-9-26-10-11;1-2-22-13-8-6-12(7-9-13)15-10-19(21)23-17-11-20-16-5-3-4-14(16)18(15)17;2*1-2-3-6-26(23,24)21-12-7-11(8-12)14-9-18(22)25-15-10-20-17-13(16(14)15)4-5-19-17;1-16(18,19)8-27(24,25)22-10-4-9(5-10)12-6-17(23)26-13-7-21-15-11(14(12)13)2-3-20-15/h1,3,7-8,11-13,22-23H,2,4-6,9-10H2,(H,20,21);3-4,10-13,21H,2,5-9H2,1H3;2*4-5,9-12,21-22H,2-3,6-8H2,1H3,(H,19,20);2-3,6-7,9-10,22-23H,4-5,8H2,1H3,(H,20,21). The number of sulfonamides is 4. The number of rotatable bonds is 26. The number of aromatic nitrogens is 9. The summed E-state index contributed by atoms with van der Waals surface area (Å²) in [5.41, 5.74) is 15.2. The van der Waals surface area contributed by atoms with Gasteiger partial charge < -0.3 is 77.8 Å². The number of unbranched alkanes of at least 4 members (excludes halogenated alkanes) is 2. The van der Waals surface area contributed by atoms with Gasteiger partial charge in [0, 0.05) is 130 Å². The van der Waals surface area contributed by atoms with Crippen LogP contribution in [0.1, 0.15) is 176 Å². The molecule has 1 saturated heterocycles. The van der Waals surface area contributed by atoms with Crippen molar-refractivity contribution in [3.05, 3.63) is 155 Å². The topological polar surface area (TPSA) is 478 Å². The smallest absolute Gasteiger partial charge is 0.531 e. The van der Waals surface area contributed by atoms with E-state index in [9.17, 15) is 67.6 Å². The van der Waals surface area contributed by atoms with Crippen LogP contribution in [0.3, 0.4) is 0 Å². The average Bonchev–Trinajstić information content (AvgIpc) is 1.34. The number of hydrogen-bond donors (Lipinski definition) is 13. The Kier molecular flexibility index (Phi) is 27.7. The number of H-pyrrole nitrogens is 4. The molecule has 6 aliphatic heterocycles. The molecule has 13 N–H and O–H groups in total. The van der Waals surface area contributed by atoms with Crippen molar-refractivity contribution in [3.63, 3.8) is 0 Å². The van der Waals surface area contributed by atoms with E-state index in [0.717, 1.165) is 172 Å². The zero-order chi connectivity index (χ0) is 91.1. The van der Waals surface area contributed by atoms with Gasteiger partial charge in [-0.25, -0.2) is 81.3 Å². The second-order valence-corrected chi connectivity index (χ2v) is 43.0. The highest BCUT2D eigenvalue weighted by Gasteiger charge is 2.46. The number of hydrogen-bond acceptors (Lipinski definition) is 25. The maximum Gasteiger partial charge on any atom is 0.552 e. The predicted octanol–water partition coefficient (Wildman–Crippen LogP) is 9.56. The largest absolute Gasteiger partial charge is 0.552 e. The van der Waals surface area contributed by atoms with Crippen LogP contribution in [0.5, 0.6) is 28.7 Å². The van der Waals surface area contributed by atoms with Crippen LogP contribution in [0.15, 0.2) is 116 Å². The Bertz CT molecular complexity index is 6200. The second kappa shape index (κ2) is 38.8. The molecule has 688 valence electrons. The molecule has 0 radical (unpaired) electrons. The van der Waals surface area contributed by atoms with Gasteiger partial charge in [0.2, 0.25) is 40.1 Å². The Morgan fingerprint density at radius 2 is 0.769 bits per heavy atom. The number of pyridine rings is 5. The van der Waals surface area contributed by atoms with Crippen molar-refractivity contribution in [1.29, 1.82) is 0 Å². The first kappa shape index (κ1) is 92.7. The van der Waals surface area contributed by atoms with Crippen molar-refractivity contribution in [1.82, 2.24) is 63.7 Å².